The van der Waals surface area contributed by atoms with E-state index in [9.17, 15) is 17.6 Å². The van der Waals surface area contributed by atoms with Crippen molar-refractivity contribution in [3.8, 4) is 0 Å². The normalized spacial score (nSPS) is 11.8. The number of hydrogen-bond donors (Lipinski definition) is 1. The molecule has 0 fully saturated rings. The van der Waals surface area contributed by atoms with Gasteiger partial charge in [-0.05, 0) is 43.4 Å². The first kappa shape index (κ1) is 21.0. The first-order valence-electron chi connectivity index (χ1n) is 8.34. The molecule has 0 spiro atoms. The van der Waals surface area contributed by atoms with E-state index in [4.69, 9.17) is 0 Å². The Hall–Kier alpha value is -2.29. The molecule has 0 atom stereocenters. The van der Waals surface area contributed by atoms with E-state index in [1.54, 1.807) is 0 Å². The second-order valence-electron chi connectivity index (χ2n) is 6.67. The Morgan fingerprint density at radius 1 is 1.00 bits per heavy atom. The Morgan fingerprint density at radius 3 is 2.15 bits per heavy atom. The summed E-state index contributed by atoms with van der Waals surface area (Å²) < 4.78 is 39.4. The number of benzene rings is 2. The summed E-state index contributed by atoms with van der Waals surface area (Å²) in [4.78, 5) is 14.3. The molecule has 0 aliphatic heterocycles. The highest BCUT2D eigenvalue weighted by Crippen LogP contribution is 2.18. The molecule has 8 heteroatoms. The fourth-order valence-corrected chi connectivity index (χ4v) is 3.38. The molecule has 1 N–H and O–H groups in total. The summed E-state index contributed by atoms with van der Waals surface area (Å²) in [6, 6.07) is 10.9. The fourth-order valence-electron chi connectivity index (χ4n) is 2.45. The maximum Gasteiger partial charge on any atom is 0.254 e. The molecular weight excluding hydrogens is 369 g/mol. The molecule has 0 aliphatic rings. The van der Waals surface area contributed by atoms with Gasteiger partial charge in [0, 0.05) is 27.2 Å². The van der Waals surface area contributed by atoms with Crippen molar-refractivity contribution in [3.63, 3.8) is 0 Å². The zero-order valence-electron chi connectivity index (χ0n) is 15.9. The van der Waals surface area contributed by atoms with E-state index in [1.165, 1.54) is 14.1 Å². The lowest BCUT2D eigenvalue weighted by Crippen LogP contribution is -2.26. The highest BCUT2D eigenvalue weighted by atomic mass is 32.2. The Balaban J connectivity index is 2.12. The van der Waals surface area contributed by atoms with Crippen LogP contribution >= 0.6 is 0 Å². The van der Waals surface area contributed by atoms with Gasteiger partial charge in [-0.1, -0.05) is 24.3 Å². The second-order valence-corrected chi connectivity index (χ2v) is 8.82. The number of carbonyl (C=O) groups excluding carboxylic acids is 1. The lowest BCUT2D eigenvalue weighted by molar-refractivity contribution is 0.0946. The average Bonchev–Trinajstić information content (AvgIpc) is 2.60. The number of sulfonamides is 1. The monoisotopic (exact) mass is 393 g/mol. The van der Waals surface area contributed by atoms with Crippen LogP contribution in [-0.4, -0.2) is 51.7 Å². The van der Waals surface area contributed by atoms with Crippen LogP contribution < -0.4 is 5.32 Å². The summed E-state index contributed by atoms with van der Waals surface area (Å²) in [5.41, 5.74) is 1.70. The van der Waals surface area contributed by atoms with Crippen molar-refractivity contribution < 1.29 is 17.6 Å². The van der Waals surface area contributed by atoms with Gasteiger partial charge >= 0.3 is 0 Å². The number of nitrogens with one attached hydrogen (secondary N) is 1. The van der Waals surface area contributed by atoms with E-state index in [0.29, 0.717) is 0 Å². The third-order valence-corrected chi connectivity index (χ3v) is 5.75. The summed E-state index contributed by atoms with van der Waals surface area (Å²) in [5, 5.41) is 2.63. The standard InChI is InChI=1S/C19H24FN3O3S/c1-22(2)13-15-7-5-14(6-8-15)12-21-19(24)17-11-16(9-10-18(17)20)27(25,26)23(3)4/h5-11H,12-13H2,1-4H3,(H,21,24). The first-order chi connectivity index (χ1) is 12.6. The van der Waals surface area contributed by atoms with Gasteiger partial charge in [-0.15, -0.1) is 0 Å². The molecule has 1 amide bonds. The lowest BCUT2D eigenvalue weighted by Gasteiger charge is -2.13. The predicted octanol–water partition coefficient (Wildman–Crippen LogP) is 2.07. The maximum absolute atomic E-state index is 14.0. The van der Waals surface area contributed by atoms with Crippen LogP contribution in [0.1, 0.15) is 21.5 Å². The summed E-state index contributed by atoms with van der Waals surface area (Å²) in [5.74, 6) is -1.44. The van der Waals surface area contributed by atoms with Gasteiger partial charge in [0.05, 0.1) is 10.5 Å². The summed E-state index contributed by atoms with van der Waals surface area (Å²) in [6.45, 7) is 1.02. The van der Waals surface area contributed by atoms with Gasteiger partial charge < -0.3 is 10.2 Å². The maximum atomic E-state index is 14.0. The van der Waals surface area contributed by atoms with Crippen molar-refractivity contribution >= 4 is 15.9 Å². The van der Waals surface area contributed by atoms with E-state index in [0.717, 1.165) is 40.2 Å². The van der Waals surface area contributed by atoms with Crippen LogP contribution in [0.25, 0.3) is 0 Å². The van der Waals surface area contributed by atoms with Crippen molar-refractivity contribution in [2.45, 2.75) is 18.0 Å². The molecule has 0 heterocycles. The van der Waals surface area contributed by atoms with Crippen LogP contribution in [0.5, 0.6) is 0 Å². The summed E-state index contributed by atoms with van der Waals surface area (Å²) in [6.07, 6.45) is 0. The summed E-state index contributed by atoms with van der Waals surface area (Å²) >= 11 is 0. The first-order valence-corrected chi connectivity index (χ1v) is 9.78. The SMILES string of the molecule is CN(C)Cc1ccc(CNC(=O)c2cc(S(=O)(=O)N(C)C)ccc2F)cc1. The van der Waals surface area contributed by atoms with E-state index >= 15 is 0 Å². The van der Waals surface area contributed by atoms with Gasteiger partial charge in [-0.2, -0.15) is 0 Å². The molecule has 6 nitrogen and oxygen atoms in total. The molecule has 0 radical (unpaired) electrons. The third-order valence-electron chi connectivity index (χ3n) is 3.94. The smallest absolute Gasteiger partial charge is 0.254 e. The molecule has 0 unspecified atom stereocenters. The van der Waals surface area contributed by atoms with Gasteiger partial charge in [0.15, 0.2) is 0 Å². The van der Waals surface area contributed by atoms with E-state index < -0.39 is 21.7 Å². The van der Waals surface area contributed by atoms with Crippen LogP contribution in [0.2, 0.25) is 0 Å². The molecule has 2 rings (SSSR count). The van der Waals surface area contributed by atoms with E-state index in [-0.39, 0.29) is 17.0 Å². The van der Waals surface area contributed by atoms with Crippen molar-refractivity contribution in [2.24, 2.45) is 0 Å². The Kier molecular flexibility index (Phi) is 6.69. The highest BCUT2D eigenvalue weighted by Gasteiger charge is 2.21. The Bertz CT molecular complexity index is 910. The highest BCUT2D eigenvalue weighted by molar-refractivity contribution is 7.89. The number of hydrogen-bond acceptors (Lipinski definition) is 4. The lowest BCUT2D eigenvalue weighted by atomic mass is 10.1. The number of nitrogens with zero attached hydrogens (tertiary/aromatic N) is 2. The molecule has 0 aliphatic carbocycles. The third kappa shape index (κ3) is 5.35. The van der Waals surface area contributed by atoms with E-state index in [2.05, 4.69) is 5.32 Å². The number of halogens is 1. The van der Waals surface area contributed by atoms with Gasteiger partial charge in [0.1, 0.15) is 5.82 Å². The van der Waals surface area contributed by atoms with Crippen molar-refractivity contribution in [1.82, 2.24) is 14.5 Å². The van der Waals surface area contributed by atoms with Gasteiger partial charge in [-0.25, -0.2) is 17.1 Å². The minimum Gasteiger partial charge on any atom is -0.348 e. The minimum absolute atomic E-state index is 0.132. The Labute approximate surface area is 159 Å². The number of rotatable bonds is 7. The topological polar surface area (TPSA) is 69.7 Å². The molecule has 0 saturated heterocycles. The van der Waals surface area contributed by atoms with Gasteiger partial charge in [0.25, 0.3) is 5.91 Å². The van der Waals surface area contributed by atoms with Crippen LogP contribution in [0.15, 0.2) is 47.4 Å². The summed E-state index contributed by atoms with van der Waals surface area (Å²) in [7, 11) is 2.96. The van der Waals surface area contributed by atoms with Crippen molar-refractivity contribution in [1.29, 1.82) is 0 Å². The van der Waals surface area contributed by atoms with Crippen molar-refractivity contribution in [3.05, 3.63) is 65.0 Å². The predicted molar refractivity (Wildman–Crippen MR) is 102 cm³/mol. The molecule has 2 aromatic carbocycles. The Morgan fingerprint density at radius 2 is 1.59 bits per heavy atom. The zero-order valence-corrected chi connectivity index (χ0v) is 16.7. The van der Waals surface area contributed by atoms with Gasteiger partial charge in [0.2, 0.25) is 10.0 Å². The van der Waals surface area contributed by atoms with E-state index in [1.807, 2.05) is 43.3 Å². The van der Waals surface area contributed by atoms with Crippen LogP contribution in [0.3, 0.4) is 0 Å². The molecule has 146 valence electrons. The number of amides is 1. The second kappa shape index (κ2) is 8.60. The minimum atomic E-state index is -3.75. The fraction of sp³-hybridized carbons (Fsp3) is 0.316. The molecule has 0 saturated carbocycles. The van der Waals surface area contributed by atoms with Gasteiger partial charge in [-0.3, -0.25) is 4.79 Å². The number of carbonyl (C=O) groups is 1. The molecule has 0 bridgehead atoms. The average molecular weight is 393 g/mol. The van der Waals surface area contributed by atoms with Crippen LogP contribution in [0.4, 0.5) is 4.39 Å². The van der Waals surface area contributed by atoms with Crippen LogP contribution in [-0.2, 0) is 23.1 Å². The molecule has 27 heavy (non-hydrogen) atoms. The molecular formula is C19H24FN3O3S. The zero-order chi connectivity index (χ0) is 20.2. The van der Waals surface area contributed by atoms with Crippen LogP contribution in [0, 0.1) is 5.82 Å². The largest absolute Gasteiger partial charge is 0.348 e. The molecule has 0 aromatic heterocycles. The van der Waals surface area contributed by atoms with Crippen molar-refractivity contribution in [2.75, 3.05) is 28.2 Å². The molecule has 2 aromatic rings. The quantitative estimate of drug-likeness (QED) is 0.782.